The molecule has 0 aliphatic heterocycles. The first-order valence-electron chi connectivity index (χ1n) is 5.46. The van der Waals surface area contributed by atoms with E-state index in [4.69, 9.17) is 5.73 Å². The van der Waals surface area contributed by atoms with E-state index in [1.807, 2.05) is 0 Å². The molecule has 0 unspecified atom stereocenters. The van der Waals surface area contributed by atoms with E-state index >= 15 is 0 Å². The molecule has 20 heavy (non-hydrogen) atoms. The fraction of sp³-hybridized carbons (Fsp3) is 0.182. The van der Waals surface area contributed by atoms with Gasteiger partial charge in [-0.25, -0.2) is 26.9 Å². The number of nitrogens with two attached hydrogens (primary N) is 1. The number of benzene rings is 1. The van der Waals surface area contributed by atoms with Crippen LogP contribution in [0.25, 0.3) is 0 Å². The van der Waals surface area contributed by atoms with Crippen LogP contribution in [0.1, 0.15) is 11.3 Å². The first-order valence-corrected chi connectivity index (χ1v) is 7.76. The Balaban J connectivity index is 2.17. The quantitative estimate of drug-likeness (QED) is 0.900. The second-order valence-electron chi connectivity index (χ2n) is 4.00. The van der Waals surface area contributed by atoms with E-state index in [0.717, 1.165) is 23.5 Å². The van der Waals surface area contributed by atoms with Crippen LogP contribution >= 0.6 is 11.3 Å². The van der Waals surface area contributed by atoms with Gasteiger partial charge in [0.15, 0.2) is 21.0 Å². The monoisotopic (exact) mass is 319 g/mol. The molecule has 0 saturated carbocycles. The zero-order chi connectivity index (χ0) is 14.9. The summed E-state index contributed by atoms with van der Waals surface area (Å²) in [5, 5.41) is 0.149. The molecule has 5 nitrogen and oxygen atoms in total. The minimum Gasteiger partial charge on any atom is -0.375 e. The van der Waals surface area contributed by atoms with Crippen molar-refractivity contribution in [3.05, 3.63) is 41.1 Å². The second-order valence-corrected chi connectivity index (χ2v) is 6.99. The van der Waals surface area contributed by atoms with Gasteiger partial charge in [-0.3, -0.25) is 0 Å². The molecule has 1 heterocycles. The van der Waals surface area contributed by atoms with Gasteiger partial charge in [-0.15, -0.1) is 0 Å². The van der Waals surface area contributed by atoms with E-state index in [9.17, 15) is 17.2 Å². The highest BCUT2D eigenvalue weighted by molar-refractivity contribution is 7.91. The van der Waals surface area contributed by atoms with Gasteiger partial charge in [0.25, 0.3) is 10.0 Å². The number of hydrogen-bond acceptors (Lipinski definition) is 5. The lowest BCUT2D eigenvalue weighted by molar-refractivity contribution is 0.506. The van der Waals surface area contributed by atoms with Crippen molar-refractivity contribution in [1.29, 1.82) is 0 Å². The summed E-state index contributed by atoms with van der Waals surface area (Å²) in [5.41, 5.74) is 6.05. The molecule has 0 aliphatic carbocycles. The van der Waals surface area contributed by atoms with E-state index in [1.165, 1.54) is 13.0 Å². The summed E-state index contributed by atoms with van der Waals surface area (Å²) in [6.45, 7) is 1.37. The number of nitrogens with zero attached hydrogens (tertiary/aromatic N) is 1. The third-order valence-electron chi connectivity index (χ3n) is 2.46. The summed E-state index contributed by atoms with van der Waals surface area (Å²) < 4.78 is 52.1. The third kappa shape index (κ3) is 3.11. The highest BCUT2D eigenvalue weighted by Crippen LogP contribution is 2.24. The molecular weight excluding hydrogens is 308 g/mol. The summed E-state index contributed by atoms with van der Waals surface area (Å²) in [7, 11) is -3.78. The normalized spacial score (nSPS) is 11.8. The first kappa shape index (κ1) is 14.8. The van der Waals surface area contributed by atoms with E-state index in [2.05, 4.69) is 9.71 Å². The topological polar surface area (TPSA) is 85.1 Å². The van der Waals surface area contributed by atoms with Crippen LogP contribution in [0.2, 0.25) is 0 Å². The van der Waals surface area contributed by atoms with Crippen molar-refractivity contribution < 1.29 is 17.2 Å². The molecule has 9 heteroatoms. The van der Waals surface area contributed by atoms with Crippen LogP contribution in [0.3, 0.4) is 0 Å². The molecule has 2 rings (SSSR count). The largest absolute Gasteiger partial charge is 0.375 e. The highest BCUT2D eigenvalue weighted by atomic mass is 32.2. The zero-order valence-corrected chi connectivity index (χ0v) is 12.0. The number of rotatable bonds is 4. The standard InChI is InChI=1S/C11H11F2N3O2S2/c1-6-10(19-11(14)16-6)20(17,18)15-5-7-2-3-8(12)9(13)4-7/h2-4,15H,5H2,1H3,(H2,14,16). The van der Waals surface area contributed by atoms with Crippen LogP contribution in [0, 0.1) is 18.6 Å². The maximum Gasteiger partial charge on any atom is 0.252 e. The number of aryl methyl sites for hydroxylation is 1. The predicted molar refractivity (Wildman–Crippen MR) is 71.6 cm³/mol. The van der Waals surface area contributed by atoms with Crippen molar-refractivity contribution in [3.63, 3.8) is 0 Å². The van der Waals surface area contributed by atoms with Crippen molar-refractivity contribution in [2.75, 3.05) is 5.73 Å². The minimum absolute atomic E-state index is 0.0117. The average Bonchev–Trinajstić information content (AvgIpc) is 2.71. The lowest BCUT2D eigenvalue weighted by Crippen LogP contribution is -2.23. The molecular formula is C11H11F2N3O2S2. The molecule has 0 fully saturated rings. The number of thiazole rings is 1. The Kier molecular flexibility index (Phi) is 4.02. The fourth-order valence-corrected chi connectivity index (χ4v) is 3.91. The highest BCUT2D eigenvalue weighted by Gasteiger charge is 2.21. The number of aromatic nitrogens is 1. The van der Waals surface area contributed by atoms with Crippen LogP contribution in [0.5, 0.6) is 0 Å². The summed E-state index contributed by atoms with van der Waals surface area (Å²) in [6.07, 6.45) is 0. The number of nitrogens with one attached hydrogen (secondary N) is 1. The van der Waals surface area contributed by atoms with Gasteiger partial charge in [-0.2, -0.15) is 0 Å². The first-order chi connectivity index (χ1) is 9.29. The van der Waals surface area contributed by atoms with Gasteiger partial charge in [0.1, 0.15) is 0 Å². The Bertz CT molecular complexity index is 744. The molecule has 0 atom stereocenters. The van der Waals surface area contributed by atoms with E-state index in [-0.39, 0.29) is 15.9 Å². The predicted octanol–water partition coefficient (Wildman–Crippen LogP) is 1.79. The van der Waals surface area contributed by atoms with Crippen molar-refractivity contribution in [1.82, 2.24) is 9.71 Å². The van der Waals surface area contributed by atoms with Gasteiger partial charge in [-0.1, -0.05) is 17.4 Å². The Morgan fingerprint density at radius 1 is 1.35 bits per heavy atom. The summed E-state index contributed by atoms with van der Waals surface area (Å²) >= 11 is 0.844. The Hall–Kier alpha value is -1.58. The molecule has 1 aromatic carbocycles. The molecule has 3 N–H and O–H groups in total. The van der Waals surface area contributed by atoms with Gasteiger partial charge in [-0.05, 0) is 24.6 Å². The smallest absolute Gasteiger partial charge is 0.252 e. The number of nitrogen functional groups attached to an aromatic ring is 1. The maximum atomic E-state index is 13.0. The third-order valence-corrected chi connectivity index (χ3v) is 5.46. The molecule has 0 bridgehead atoms. The maximum absolute atomic E-state index is 13.0. The average molecular weight is 319 g/mol. The van der Waals surface area contributed by atoms with Crippen molar-refractivity contribution in [3.8, 4) is 0 Å². The van der Waals surface area contributed by atoms with E-state index in [0.29, 0.717) is 11.3 Å². The molecule has 1 aromatic heterocycles. The van der Waals surface area contributed by atoms with E-state index in [1.54, 1.807) is 0 Å². The summed E-state index contributed by atoms with van der Waals surface area (Å²) in [6, 6.07) is 3.18. The Morgan fingerprint density at radius 3 is 2.60 bits per heavy atom. The number of anilines is 1. The van der Waals surface area contributed by atoms with E-state index < -0.39 is 21.7 Å². The zero-order valence-electron chi connectivity index (χ0n) is 10.4. The molecule has 0 aliphatic rings. The molecule has 0 saturated heterocycles. The second kappa shape index (κ2) is 5.43. The SMILES string of the molecule is Cc1nc(N)sc1S(=O)(=O)NCc1ccc(F)c(F)c1. The Labute approximate surface area is 118 Å². The summed E-state index contributed by atoms with van der Waals surface area (Å²) in [4.78, 5) is 3.83. The van der Waals surface area contributed by atoms with Crippen molar-refractivity contribution >= 4 is 26.5 Å². The van der Waals surface area contributed by atoms with Gasteiger partial charge >= 0.3 is 0 Å². The lowest BCUT2D eigenvalue weighted by atomic mass is 10.2. The fourth-order valence-electron chi connectivity index (χ4n) is 1.55. The van der Waals surface area contributed by atoms with Gasteiger partial charge in [0, 0.05) is 6.54 Å². The number of hydrogen-bond donors (Lipinski definition) is 2. The van der Waals surface area contributed by atoms with Gasteiger partial charge in [0.05, 0.1) is 5.69 Å². The lowest BCUT2D eigenvalue weighted by Gasteiger charge is -2.05. The number of sulfonamides is 1. The van der Waals surface area contributed by atoms with Crippen LogP contribution in [0.4, 0.5) is 13.9 Å². The van der Waals surface area contributed by atoms with Crippen molar-refractivity contribution in [2.24, 2.45) is 0 Å². The Morgan fingerprint density at radius 2 is 2.05 bits per heavy atom. The van der Waals surface area contributed by atoms with Gasteiger partial charge in [0.2, 0.25) is 0 Å². The molecule has 0 amide bonds. The molecule has 2 aromatic rings. The molecule has 108 valence electrons. The van der Waals surface area contributed by atoms with Crippen molar-refractivity contribution in [2.45, 2.75) is 17.7 Å². The van der Waals surface area contributed by atoms with Crippen LogP contribution in [0.15, 0.2) is 22.4 Å². The molecule has 0 radical (unpaired) electrons. The number of halogens is 2. The van der Waals surface area contributed by atoms with Crippen LogP contribution in [-0.2, 0) is 16.6 Å². The van der Waals surface area contributed by atoms with Crippen LogP contribution < -0.4 is 10.5 Å². The van der Waals surface area contributed by atoms with Gasteiger partial charge < -0.3 is 5.73 Å². The molecule has 0 spiro atoms. The summed E-state index contributed by atoms with van der Waals surface area (Å²) in [5.74, 6) is -2.01. The van der Waals surface area contributed by atoms with Crippen LogP contribution in [-0.4, -0.2) is 13.4 Å². The minimum atomic E-state index is -3.78.